The summed E-state index contributed by atoms with van der Waals surface area (Å²) in [5, 5.41) is 3.36. The molecular weight excluding hydrogens is 286 g/mol. The fourth-order valence-electron chi connectivity index (χ4n) is 3.37. The van der Waals surface area contributed by atoms with E-state index in [0.717, 1.165) is 45.2 Å². The maximum atomic E-state index is 12.4. The second-order valence-corrected chi connectivity index (χ2v) is 8.44. The highest BCUT2D eigenvalue weighted by atomic mass is 32.2. The van der Waals surface area contributed by atoms with Gasteiger partial charge in [-0.25, -0.2) is 4.72 Å². The predicted molar refractivity (Wildman–Crippen MR) is 86.3 cm³/mol. The lowest BCUT2D eigenvalue weighted by Crippen LogP contribution is -2.49. The zero-order valence-corrected chi connectivity index (χ0v) is 14.3. The van der Waals surface area contributed by atoms with Crippen molar-refractivity contribution >= 4 is 10.2 Å². The van der Waals surface area contributed by atoms with Gasteiger partial charge in [-0.1, -0.05) is 20.3 Å². The van der Waals surface area contributed by atoms with Gasteiger partial charge in [0, 0.05) is 19.6 Å². The van der Waals surface area contributed by atoms with Gasteiger partial charge in [0.15, 0.2) is 0 Å². The van der Waals surface area contributed by atoms with Gasteiger partial charge in [-0.15, -0.1) is 0 Å². The van der Waals surface area contributed by atoms with Gasteiger partial charge < -0.3 is 5.32 Å². The van der Waals surface area contributed by atoms with Gasteiger partial charge in [0.05, 0.1) is 0 Å². The summed E-state index contributed by atoms with van der Waals surface area (Å²) in [6, 6.07) is 0. The van der Waals surface area contributed by atoms with Crippen molar-refractivity contribution in [1.82, 2.24) is 14.3 Å². The van der Waals surface area contributed by atoms with E-state index in [1.54, 1.807) is 4.31 Å². The number of hydrogen-bond donors (Lipinski definition) is 2. The third-order valence-corrected chi connectivity index (χ3v) is 6.94. The summed E-state index contributed by atoms with van der Waals surface area (Å²) < 4.78 is 29.3. The van der Waals surface area contributed by atoms with Crippen molar-refractivity contribution in [3.63, 3.8) is 0 Å². The summed E-state index contributed by atoms with van der Waals surface area (Å²) in [6.45, 7) is 8.20. The molecule has 1 heterocycles. The molecule has 0 atom stereocenters. The summed E-state index contributed by atoms with van der Waals surface area (Å²) in [5.41, 5.74) is 0.233. The fraction of sp³-hybridized carbons (Fsp3) is 1.00. The van der Waals surface area contributed by atoms with Gasteiger partial charge in [-0.05, 0) is 56.5 Å². The highest BCUT2D eigenvalue weighted by Gasteiger charge is 2.37. The molecule has 0 spiro atoms. The van der Waals surface area contributed by atoms with Crippen LogP contribution in [0.2, 0.25) is 0 Å². The first-order valence-corrected chi connectivity index (χ1v) is 9.91. The first-order valence-electron chi connectivity index (χ1n) is 8.47. The molecule has 5 nitrogen and oxygen atoms in total. The van der Waals surface area contributed by atoms with Gasteiger partial charge in [0.1, 0.15) is 0 Å². The molecule has 2 N–H and O–H groups in total. The standard InChI is InChI=1S/C15H31N3O2S/c1-3-15(8-5-9-15)13-17-21(19,20)18-10-6-14(7-11-18)12-16-4-2/h14,16-17H,3-13H2,1-2H3. The lowest BCUT2D eigenvalue weighted by atomic mass is 9.67. The van der Waals surface area contributed by atoms with E-state index in [1.807, 2.05) is 0 Å². The Kier molecular flexibility index (Phi) is 6.05. The second kappa shape index (κ2) is 7.40. The smallest absolute Gasteiger partial charge is 0.279 e. The molecule has 0 amide bonds. The zero-order chi connectivity index (χ0) is 15.3. The van der Waals surface area contributed by atoms with Crippen molar-refractivity contribution in [1.29, 1.82) is 0 Å². The average Bonchev–Trinajstić information content (AvgIpc) is 2.45. The molecule has 0 radical (unpaired) electrons. The number of hydrogen-bond acceptors (Lipinski definition) is 3. The first kappa shape index (κ1) is 17.2. The van der Waals surface area contributed by atoms with Gasteiger partial charge in [0.2, 0.25) is 0 Å². The van der Waals surface area contributed by atoms with Crippen molar-refractivity contribution in [2.24, 2.45) is 11.3 Å². The van der Waals surface area contributed by atoms with Crippen LogP contribution in [-0.4, -0.2) is 45.4 Å². The topological polar surface area (TPSA) is 61.4 Å². The van der Waals surface area contributed by atoms with Crippen LogP contribution in [0.4, 0.5) is 0 Å². The van der Waals surface area contributed by atoms with E-state index in [1.165, 1.54) is 6.42 Å². The fourth-order valence-corrected chi connectivity index (χ4v) is 4.73. The third-order valence-electron chi connectivity index (χ3n) is 5.39. The Labute approximate surface area is 130 Å². The Hall–Kier alpha value is -0.170. The van der Waals surface area contributed by atoms with Crippen LogP contribution in [0.1, 0.15) is 52.4 Å². The van der Waals surface area contributed by atoms with E-state index in [0.29, 0.717) is 25.6 Å². The van der Waals surface area contributed by atoms with Crippen molar-refractivity contribution < 1.29 is 8.42 Å². The van der Waals surface area contributed by atoms with Crippen LogP contribution in [0.5, 0.6) is 0 Å². The van der Waals surface area contributed by atoms with Crippen LogP contribution in [0, 0.1) is 11.3 Å². The number of nitrogens with zero attached hydrogens (tertiary/aromatic N) is 1. The van der Waals surface area contributed by atoms with Crippen molar-refractivity contribution in [3.8, 4) is 0 Å². The number of piperidine rings is 1. The van der Waals surface area contributed by atoms with E-state index in [4.69, 9.17) is 0 Å². The molecule has 6 heteroatoms. The SMILES string of the molecule is CCNCC1CCN(S(=O)(=O)NCC2(CC)CCC2)CC1. The highest BCUT2D eigenvalue weighted by Crippen LogP contribution is 2.43. The normalized spacial score (nSPS) is 23.9. The highest BCUT2D eigenvalue weighted by molar-refractivity contribution is 7.87. The second-order valence-electron chi connectivity index (χ2n) is 6.68. The quantitative estimate of drug-likeness (QED) is 0.716. The average molecular weight is 317 g/mol. The number of nitrogens with one attached hydrogen (secondary N) is 2. The van der Waals surface area contributed by atoms with Crippen molar-refractivity contribution in [2.45, 2.75) is 52.4 Å². The molecule has 1 aliphatic carbocycles. The van der Waals surface area contributed by atoms with Crippen molar-refractivity contribution in [2.75, 3.05) is 32.7 Å². The van der Waals surface area contributed by atoms with Crippen LogP contribution in [0.15, 0.2) is 0 Å². The molecule has 21 heavy (non-hydrogen) atoms. The van der Waals surface area contributed by atoms with Gasteiger partial charge >= 0.3 is 0 Å². The Morgan fingerprint density at radius 2 is 1.86 bits per heavy atom. The van der Waals surface area contributed by atoms with E-state index < -0.39 is 10.2 Å². The zero-order valence-electron chi connectivity index (χ0n) is 13.5. The lowest BCUT2D eigenvalue weighted by Gasteiger charge is -2.42. The Bertz CT molecular complexity index is 407. The molecule has 1 saturated carbocycles. The van der Waals surface area contributed by atoms with Crippen molar-refractivity contribution in [3.05, 3.63) is 0 Å². The lowest BCUT2D eigenvalue weighted by molar-refractivity contribution is 0.131. The summed E-state index contributed by atoms with van der Waals surface area (Å²) in [6.07, 6.45) is 6.57. The maximum Gasteiger partial charge on any atom is 0.279 e. The van der Waals surface area contributed by atoms with Gasteiger partial charge in [0.25, 0.3) is 10.2 Å². The Morgan fingerprint density at radius 3 is 2.33 bits per heavy atom. The Balaban J connectivity index is 1.78. The molecule has 1 aliphatic heterocycles. The molecular formula is C15H31N3O2S. The summed E-state index contributed by atoms with van der Waals surface area (Å²) in [4.78, 5) is 0. The molecule has 0 bridgehead atoms. The summed E-state index contributed by atoms with van der Waals surface area (Å²) in [5.74, 6) is 0.616. The van der Waals surface area contributed by atoms with Gasteiger partial charge in [-0.3, -0.25) is 0 Å². The molecule has 0 aromatic carbocycles. The van der Waals surface area contributed by atoms with E-state index in [2.05, 4.69) is 23.9 Å². The molecule has 2 rings (SSSR count). The van der Waals surface area contributed by atoms with E-state index >= 15 is 0 Å². The van der Waals surface area contributed by atoms with Crippen LogP contribution in [-0.2, 0) is 10.2 Å². The Morgan fingerprint density at radius 1 is 1.19 bits per heavy atom. The minimum atomic E-state index is -3.28. The molecule has 2 fully saturated rings. The summed E-state index contributed by atoms with van der Waals surface area (Å²) >= 11 is 0. The van der Waals surface area contributed by atoms with E-state index in [-0.39, 0.29) is 5.41 Å². The monoisotopic (exact) mass is 317 g/mol. The molecule has 124 valence electrons. The third kappa shape index (κ3) is 4.41. The van der Waals surface area contributed by atoms with Crippen LogP contribution >= 0.6 is 0 Å². The number of rotatable bonds is 8. The molecule has 2 aliphatic rings. The maximum absolute atomic E-state index is 12.4. The van der Waals surface area contributed by atoms with Crippen LogP contribution < -0.4 is 10.0 Å². The van der Waals surface area contributed by atoms with E-state index in [9.17, 15) is 8.42 Å². The molecule has 1 saturated heterocycles. The predicted octanol–water partition coefficient (Wildman–Crippen LogP) is 1.72. The molecule has 0 aromatic rings. The molecule has 0 unspecified atom stereocenters. The minimum Gasteiger partial charge on any atom is -0.317 e. The minimum absolute atomic E-state index is 0.233. The van der Waals surface area contributed by atoms with Crippen LogP contribution in [0.25, 0.3) is 0 Å². The molecule has 0 aromatic heterocycles. The largest absolute Gasteiger partial charge is 0.317 e. The summed E-state index contributed by atoms with van der Waals surface area (Å²) in [7, 11) is -3.28. The van der Waals surface area contributed by atoms with Gasteiger partial charge in [-0.2, -0.15) is 12.7 Å². The van der Waals surface area contributed by atoms with Crippen LogP contribution in [0.3, 0.4) is 0 Å². The first-order chi connectivity index (χ1) is 10.0.